The van der Waals surface area contributed by atoms with Crippen LogP contribution in [0.3, 0.4) is 0 Å². The van der Waals surface area contributed by atoms with Gasteiger partial charge in [0, 0.05) is 6.20 Å². The van der Waals surface area contributed by atoms with Gasteiger partial charge >= 0.3 is 12.3 Å². The van der Waals surface area contributed by atoms with E-state index in [2.05, 4.69) is 9.72 Å². The van der Waals surface area contributed by atoms with Crippen LogP contribution in [0.2, 0.25) is 0 Å². The van der Waals surface area contributed by atoms with Crippen molar-refractivity contribution in [1.82, 2.24) is 4.98 Å². The average molecular weight is 207 g/mol. The fourth-order valence-corrected chi connectivity index (χ4v) is 0.745. The lowest BCUT2D eigenvalue weighted by molar-refractivity contribution is -0.276. The summed E-state index contributed by atoms with van der Waals surface area (Å²) in [5, 5.41) is 8.48. The minimum atomic E-state index is -4.95. The molecule has 0 aromatic carbocycles. The molecule has 0 saturated heterocycles. The van der Waals surface area contributed by atoms with Gasteiger partial charge in [-0.15, -0.1) is 13.2 Å². The van der Waals surface area contributed by atoms with E-state index in [1.807, 2.05) is 0 Å². The standard InChI is InChI=1S/C7H4F3NO3/c8-7(9,10)14-5-4(6(12)13)2-1-3-11-5/h1-3H,(H,12,13). The molecule has 0 amide bonds. The van der Waals surface area contributed by atoms with Crippen LogP contribution in [0, 0.1) is 0 Å². The molecule has 1 N–H and O–H groups in total. The van der Waals surface area contributed by atoms with Crippen molar-refractivity contribution in [3.8, 4) is 5.88 Å². The van der Waals surface area contributed by atoms with Crippen molar-refractivity contribution in [1.29, 1.82) is 0 Å². The molecule has 0 aliphatic carbocycles. The van der Waals surface area contributed by atoms with E-state index in [1.165, 1.54) is 6.07 Å². The maximum absolute atomic E-state index is 11.7. The van der Waals surface area contributed by atoms with Crippen LogP contribution in [-0.4, -0.2) is 22.4 Å². The zero-order valence-electron chi connectivity index (χ0n) is 6.58. The minimum absolute atomic E-state index is 0.634. The lowest BCUT2D eigenvalue weighted by Crippen LogP contribution is -2.19. The second-order valence-electron chi connectivity index (χ2n) is 2.21. The predicted octanol–water partition coefficient (Wildman–Crippen LogP) is 1.68. The van der Waals surface area contributed by atoms with Crippen LogP contribution in [0.15, 0.2) is 18.3 Å². The van der Waals surface area contributed by atoms with Crippen LogP contribution in [0.5, 0.6) is 5.88 Å². The van der Waals surface area contributed by atoms with Crippen LogP contribution >= 0.6 is 0 Å². The van der Waals surface area contributed by atoms with Gasteiger partial charge in [0.25, 0.3) is 0 Å². The van der Waals surface area contributed by atoms with Gasteiger partial charge in [0.1, 0.15) is 5.56 Å². The molecule has 1 aromatic rings. The van der Waals surface area contributed by atoms with Gasteiger partial charge in [0.05, 0.1) is 0 Å². The molecule has 0 fully saturated rings. The Balaban J connectivity index is 3.02. The van der Waals surface area contributed by atoms with Crippen molar-refractivity contribution in [2.75, 3.05) is 0 Å². The monoisotopic (exact) mass is 207 g/mol. The fourth-order valence-electron chi connectivity index (χ4n) is 0.745. The van der Waals surface area contributed by atoms with Gasteiger partial charge in [-0.2, -0.15) is 0 Å². The summed E-state index contributed by atoms with van der Waals surface area (Å²) >= 11 is 0. The Labute approximate surface area is 75.9 Å². The molecule has 0 aliphatic rings. The molecule has 14 heavy (non-hydrogen) atoms. The van der Waals surface area contributed by atoms with Crippen molar-refractivity contribution in [3.05, 3.63) is 23.9 Å². The summed E-state index contributed by atoms with van der Waals surface area (Å²) < 4.78 is 38.6. The Morgan fingerprint density at radius 1 is 1.50 bits per heavy atom. The molecule has 7 heteroatoms. The van der Waals surface area contributed by atoms with Gasteiger partial charge in [0.2, 0.25) is 5.88 Å². The van der Waals surface area contributed by atoms with E-state index in [9.17, 15) is 18.0 Å². The fraction of sp³-hybridized carbons (Fsp3) is 0.143. The number of rotatable bonds is 2. The van der Waals surface area contributed by atoms with E-state index < -0.39 is 23.8 Å². The molecular weight excluding hydrogens is 203 g/mol. The Bertz CT molecular complexity index is 350. The first-order valence-corrected chi connectivity index (χ1v) is 3.34. The predicted molar refractivity (Wildman–Crippen MR) is 37.9 cm³/mol. The largest absolute Gasteiger partial charge is 0.574 e. The highest BCUT2D eigenvalue weighted by molar-refractivity contribution is 5.90. The average Bonchev–Trinajstić information content (AvgIpc) is 2.01. The Morgan fingerprint density at radius 3 is 2.64 bits per heavy atom. The molecule has 0 spiro atoms. The van der Waals surface area contributed by atoms with E-state index in [-0.39, 0.29) is 0 Å². The number of carbonyl (C=O) groups is 1. The van der Waals surface area contributed by atoms with Gasteiger partial charge < -0.3 is 9.84 Å². The van der Waals surface area contributed by atoms with E-state index in [4.69, 9.17) is 5.11 Å². The number of carboxylic acids is 1. The lowest BCUT2D eigenvalue weighted by atomic mass is 10.3. The Hall–Kier alpha value is -1.79. The number of carboxylic acid groups (broad SMARTS) is 1. The second kappa shape index (κ2) is 3.52. The first kappa shape index (κ1) is 10.3. The van der Waals surface area contributed by atoms with Crippen LogP contribution in [0.25, 0.3) is 0 Å². The molecule has 0 radical (unpaired) electrons. The molecule has 0 unspecified atom stereocenters. The molecule has 0 atom stereocenters. The van der Waals surface area contributed by atoms with E-state index in [1.54, 1.807) is 0 Å². The van der Waals surface area contributed by atoms with E-state index >= 15 is 0 Å². The summed E-state index contributed by atoms with van der Waals surface area (Å²) in [4.78, 5) is 13.6. The number of nitrogens with zero attached hydrogens (tertiary/aromatic N) is 1. The van der Waals surface area contributed by atoms with E-state index in [0.717, 1.165) is 12.3 Å². The third-order valence-corrected chi connectivity index (χ3v) is 1.21. The molecule has 0 bridgehead atoms. The van der Waals surface area contributed by atoms with Crippen molar-refractivity contribution in [3.63, 3.8) is 0 Å². The van der Waals surface area contributed by atoms with Crippen molar-refractivity contribution in [2.45, 2.75) is 6.36 Å². The summed E-state index contributed by atoms with van der Waals surface area (Å²) in [6.45, 7) is 0. The normalized spacial score (nSPS) is 11.1. The SMILES string of the molecule is O=C(O)c1cccnc1OC(F)(F)F. The number of ether oxygens (including phenoxy) is 1. The summed E-state index contributed by atoms with van der Waals surface area (Å²) in [5.41, 5.74) is -0.634. The topological polar surface area (TPSA) is 59.4 Å². The van der Waals surface area contributed by atoms with Crippen LogP contribution < -0.4 is 4.74 Å². The van der Waals surface area contributed by atoms with Crippen LogP contribution in [0.1, 0.15) is 10.4 Å². The molecule has 4 nitrogen and oxygen atoms in total. The smallest absolute Gasteiger partial charge is 0.477 e. The highest BCUT2D eigenvalue weighted by Gasteiger charge is 2.33. The summed E-state index contributed by atoms with van der Waals surface area (Å²) in [5.74, 6) is -2.50. The molecule has 0 aliphatic heterocycles. The maximum atomic E-state index is 11.7. The lowest BCUT2D eigenvalue weighted by Gasteiger charge is -2.08. The first-order chi connectivity index (χ1) is 6.40. The van der Waals surface area contributed by atoms with Crippen LogP contribution in [0.4, 0.5) is 13.2 Å². The quantitative estimate of drug-likeness (QED) is 0.801. The van der Waals surface area contributed by atoms with E-state index in [0.29, 0.717) is 0 Å². The third kappa shape index (κ3) is 2.61. The van der Waals surface area contributed by atoms with Gasteiger partial charge in [-0.05, 0) is 12.1 Å². The zero-order valence-corrected chi connectivity index (χ0v) is 6.58. The zero-order chi connectivity index (χ0) is 10.8. The molecule has 0 saturated carbocycles. The molecule has 1 rings (SSSR count). The summed E-state index contributed by atoms with van der Waals surface area (Å²) in [6, 6.07) is 2.17. The third-order valence-electron chi connectivity index (χ3n) is 1.21. The summed E-state index contributed by atoms with van der Waals surface area (Å²) in [7, 11) is 0. The molecular formula is C7H4F3NO3. The number of aromatic nitrogens is 1. The molecule has 1 aromatic heterocycles. The number of aromatic carboxylic acids is 1. The molecule has 1 heterocycles. The first-order valence-electron chi connectivity index (χ1n) is 3.34. The molecule has 76 valence electrons. The highest BCUT2D eigenvalue weighted by Crippen LogP contribution is 2.23. The maximum Gasteiger partial charge on any atom is 0.574 e. The number of alkyl halides is 3. The summed E-state index contributed by atoms with van der Waals surface area (Å²) in [6.07, 6.45) is -3.94. The second-order valence-corrected chi connectivity index (χ2v) is 2.21. The number of pyridine rings is 1. The minimum Gasteiger partial charge on any atom is -0.477 e. The number of halogens is 3. The van der Waals surface area contributed by atoms with Crippen molar-refractivity contribution in [2.24, 2.45) is 0 Å². The van der Waals surface area contributed by atoms with Gasteiger partial charge in [-0.1, -0.05) is 0 Å². The van der Waals surface area contributed by atoms with Crippen LogP contribution in [-0.2, 0) is 0 Å². The van der Waals surface area contributed by atoms with Gasteiger partial charge in [-0.25, -0.2) is 9.78 Å². The van der Waals surface area contributed by atoms with Crippen molar-refractivity contribution < 1.29 is 27.8 Å². The highest BCUT2D eigenvalue weighted by atomic mass is 19.4. The Morgan fingerprint density at radius 2 is 2.14 bits per heavy atom. The van der Waals surface area contributed by atoms with Gasteiger partial charge in [0.15, 0.2) is 0 Å². The van der Waals surface area contributed by atoms with Crippen molar-refractivity contribution >= 4 is 5.97 Å². The number of hydrogen-bond donors (Lipinski definition) is 1. The number of hydrogen-bond acceptors (Lipinski definition) is 3. The van der Waals surface area contributed by atoms with Gasteiger partial charge in [-0.3, -0.25) is 0 Å². The Kier molecular flexibility index (Phi) is 2.59.